The van der Waals surface area contributed by atoms with Crippen LogP contribution < -0.4 is 4.74 Å². The molecule has 0 aromatic carbocycles. The molecule has 3 rings (SSSR count). The number of rotatable bonds is 3. The van der Waals surface area contributed by atoms with Gasteiger partial charge in [0.2, 0.25) is 5.88 Å². The summed E-state index contributed by atoms with van der Waals surface area (Å²) in [5.41, 5.74) is 1.69. The van der Waals surface area contributed by atoms with Gasteiger partial charge in [0.05, 0.1) is 12.4 Å². The molecule has 0 saturated carbocycles. The van der Waals surface area contributed by atoms with Crippen molar-refractivity contribution in [1.29, 1.82) is 0 Å². The van der Waals surface area contributed by atoms with Gasteiger partial charge in [0.15, 0.2) is 11.6 Å². The lowest BCUT2D eigenvalue weighted by atomic mass is 10.2. The van der Waals surface area contributed by atoms with Gasteiger partial charge in [0, 0.05) is 36.8 Å². The van der Waals surface area contributed by atoms with Crippen LogP contribution >= 0.6 is 0 Å². The molecule has 0 amide bonds. The van der Waals surface area contributed by atoms with Gasteiger partial charge in [-0.1, -0.05) is 0 Å². The van der Waals surface area contributed by atoms with Gasteiger partial charge in [-0.25, -0.2) is 4.98 Å². The number of hydrogen-bond acceptors (Lipinski definition) is 5. The van der Waals surface area contributed by atoms with E-state index in [9.17, 15) is 0 Å². The Morgan fingerprint density at radius 2 is 2.10 bits per heavy atom. The molecule has 0 fully saturated rings. The highest BCUT2D eigenvalue weighted by atomic mass is 16.5. The second kappa shape index (κ2) is 5.08. The smallest absolute Gasteiger partial charge is 0.223 e. The molecule has 0 radical (unpaired) electrons. The predicted octanol–water partition coefficient (Wildman–Crippen LogP) is 2.37. The predicted molar refractivity (Wildman–Crippen MR) is 73.3 cm³/mol. The highest BCUT2D eigenvalue weighted by molar-refractivity contribution is 5.53. The van der Waals surface area contributed by atoms with Gasteiger partial charge >= 0.3 is 0 Å². The minimum Gasteiger partial charge on any atom is -0.436 e. The number of ether oxygens (including phenoxy) is 1. The summed E-state index contributed by atoms with van der Waals surface area (Å²) in [4.78, 5) is 12.9. The van der Waals surface area contributed by atoms with Crippen LogP contribution in [0, 0.1) is 6.92 Å². The Bertz CT molecular complexity index is 723. The first-order valence-electron chi connectivity index (χ1n) is 6.13. The molecule has 0 aliphatic heterocycles. The Kier molecular flexibility index (Phi) is 3.12. The van der Waals surface area contributed by atoms with E-state index in [1.165, 1.54) is 0 Å². The summed E-state index contributed by atoms with van der Waals surface area (Å²) in [6, 6.07) is 5.55. The molecule has 0 bridgehead atoms. The third-order valence-corrected chi connectivity index (χ3v) is 2.65. The van der Waals surface area contributed by atoms with Crippen molar-refractivity contribution in [3.63, 3.8) is 0 Å². The lowest BCUT2D eigenvalue weighted by Crippen LogP contribution is -1.95. The number of aromatic nitrogens is 5. The third kappa shape index (κ3) is 2.64. The van der Waals surface area contributed by atoms with Gasteiger partial charge in [0.1, 0.15) is 0 Å². The monoisotopic (exact) mass is 267 g/mol. The quantitative estimate of drug-likeness (QED) is 0.729. The molecule has 0 unspecified atom stereocenters. The van der Waals surface area contributed by atoms with Crippen LogP contribution in [0.4, 0.5) is 0 Å². The molecule has 3 heterocycles. The van der Waals surface area contributed by atoms with Crippen molar-refractivity contribution < 1.29 is 4.74 Å². The first kappa shape index (κ1) is 12.3. The molecule has 3 aromatic rings. The molecular formula is C14H13N5O. The molecule has 100 valence electrons. The Balaban J connectivity index is 1.94. The van der Waals surface area contributed by atoms with E-state index in [1.807, 2.05) is 26.1 Å². The van der Waals surface area contributed by atoms with Gasteiger partial charge < -0.3 is 4.74 Å². The zero-order chi connectivity index (χ0) is 13.9. The van der Waals surface area contributed by atoms with Crippen LogP contribution in [0.1, 0.15) is 5.69 Å². The van der Waals surface area contributed by atoms with Gasteiger partial charge in [0.25, 0.3) is 0 Å². The Morgan fingerprint density at radius 3 is 2.80 bits per heavy atom. The molecular weight excluding hydrogens is 254 g/mol. The van der Waals surface area contributed by atoms with Gasteiger partial charge in [-0.2, -0.15) is 10.1 Å². The third-order valence-electron chi connectivity index (χ3n) is 2.65. The zero-order valence-electron chi connectivity index (χ0n) is 11.2. The maximum Gasteiger partial charge on any atom is 0.223 e. The van der Waals surface area contributed by atoms with Crippen molar-refractivity contribution in [2.45, 2.75) is 6.92 Å². The zero-order valence-corrected chi connectivity index (χ0v) is 11.2. The Morgan fingerprint density at radius 1 is 1.20 bits per heavy atom. The minimum atomic E-state index is 0.490. The second-order valence-corrected chi connectivity index (χ2v) is 4.36. The SMILES string of the molecule is Cc1cc(Oc2cnn(C)c2)nc(-c2cccnc2)n1. The van der Waals surface area contributed by atoms with Gasteiger partial charge in [-0.3, -0.25) is 9.67 Å². The van der Waals surface area contributed by atoms with Crippen molar-refractivity contribution >= 4 is 0 Å². The van der Waals surface area contributed by atoms with E-state index in [0.29, 0.717) is 17.5 Å². The van der Waals surface area contributed by atoms with Gasteiger partial charge in [-0.05, 0) is 19.1 Å². The van der Waals surface area contributed by atoms with Crippen LogP contribution in [-0.4, -0.2) is 24.7 Å². The summed E-state index contributed by atoms with van der Waals surface area (Å²) in [5, 5.41) is 4.05. The van der Waals surface area contributed by atoms with Crippen LogP contribution in [0.3, 0.4) is 0 Å². The fourth-order valence-electron chi connectivity index (χ4n) is 1.79. The first-order chi connectivity index (χ1) is 9.70. The average Bonchev–Trinajstić information content (AvgIpc) is 2.84. The molecule has 20 heavy (non-hydrogen) atoms. The van der Waals surface area contributed by atoms with Crippen LogP contribution in [-0.2, 0) is 7.05 Å². The fourth-order valence-corrected chi connectivity index (χ4v) is 1.79. The molecule has 0 aliphatic carbocycles. The maximum atomic E-state index is 5.69. The summed E-state index contributed by atoms with van der Waals surface area (Å²) >= 11 is 0. The van der Waals surface area contributed by atoms with Crippen molar-refractivity contribution in [3.8, 4) is 23.0 Å². The van der Waals surface area contributed by atoms with Gasteiger partial charge in [-0.15, -0.1) is 0 Å². The Hall–Kier alpha value is -2.76. The van der Waals surface area contributed by atoms with Crippen LogP contribution in [0.15, 0.2) is 43.0 Å². The highest BCUT2D eigenvalue weighted by Gasteiger charge is 2.07. The van der Waals surface area contributed by atoms with Crippen molar-refractivity contribution in [2.24, 2.45) is 7.05 Å². The average molecular weight is 267 g/mol. The fraction of sp³-hybridized carbons (Fsp3) is 0.143. The van der Waals surface area contributed by atoms with E-state index in [2.05, 4.69) is 20.1 Å². The summed E-state index contributed by atoms with van der Waals surface area (Å²) in [6.07, 6.45) is 6.86. The number of aryl methyl sites for hydroxylation is 2. The van der Waals surface area contributed by atoms with Crippen LogP contribution in [0.2, 0.25) is 0 Å². The topological polar surface area (TPSA) is 65.7 Å². The summed E-state index contributed by atoms with van der Waals surface area (Å²) < 4.78 is 7.36. The van der Waals surface area contributed by atoms with Crippen LogP contribution in [0.25, 0.3) is 11.4 Å². The molecule has 6 nitrogen and oxygen atoms in total. The van der Waals surface area contributed by atoms with Crippen LogP contribution in [0.5, 0.6) is 11.6 Å². The summed E-state index contributed by atoms with van der Waals surface area (Å²) in [5.74, 6) is 1.73. The molecule has 0 aliphatic rings. The number of hydrogen-bond donors (Lipinski definition) is 0. The minimum absolute atomic E-state index is 0.490. The van der Waals surface area contributed by atoms with E-state index in [-0.39, 0.29) is 0 Å². The van der Waals surface area contributed by atoms with E-state index in [0.717, 1.165) is 11.3 Å². The highest BCUT2D eigenvalue weighted by Crippen LogP contribution is 2.22. The number of pyridine rings is 1. The van der Waals surface area contributed by atoms with Crippen molar-refractivity contribution in [3.05, 3.63) is 48.7 Å². The Labute approximate surface area is 116 Å². The molecule has 0 spiro atoms. The number of nitrogens with zero attached hydrogens (tertiary/aromatic N) is 5. The first-order valence-corrected chi connectivity index (χ1v) is 6.13. The molecule has 0 saturated heterocycles. The van der Waals surface area contributed by atoms with E-state index in [4.69, 9.17) is 4.74 Å². The molecule has 0 N–H and O–H groups in total. The van der Waals surface area contributed by atoms with E-state index < -0.39 is 0 Å². The van der Waals surface area contributed by atoms with E-state index in [1.54, 1.807) is 35.5 Å². The second-order valence-electron chi connectivity index (χ2n) is 4.36. The normalized spacial score (nSPS) is 10.5. The summed E-state index contributed by atoms with van der Waals surface area (Å²) in [7, 11) is 1.83. The standard InChI is InChI=1S/C14H13N5O/c1-10-6-13(20-12-8-16-19(2)9-12)18-14(17-10)11-4-3-5-15-7-11/h3-9H,1-2H3. The van der Waals surface area contributed by atoms with Crippen molar-refractivity contribution in [1.82, 2.24) is 24.7 Å². The molecule has 3 aromatic heterocycles. The van der Waals surface area contributed by atoms with E-state index >= 15 is 0 Å². The summed E-state index contributed by atoms with van der Waals surface area (Å²) in [6.45, 7) is 1.90. The molecule has 6 heteroatoms. The lowest BCUT2D eigenvalue weighted by Gasteiger charge is -2.06. The lowest BCUT2D eigenvalue weighted by molar-refractivity contribution is 0.461. The largest absolute Gasteiger partial charge is 0.436 e. The molecule has 0 atom stereocenters. The van der Waals surface area contributed by atoms with Crippen molar-refractivity contribution in [2.75, 3.05) is 0 Å². The maximum absolute atomic E-state index is 5.69.